The van der Waals surface area contributed by atoms with Crippen LogP contribution in [0.4, 0.5) is 4.79 Å². The number of carboxylic acids is 1. The van der Waals surface area contributed by atoms with Gasteiger partial charge in [0.05, 0.1) is 13.2 Å². The van der Waals surface area contributed by atoms with Gasteiger partial charge in [-0.15, -0.1) is 0 Å². The number of carbonyl (C=O) groups is 2. The fourth-order valence-electron chi connectivity index (χ4n) is 1.45. The van der Waals surface area contributed by atoms with Crippen molar-refractivity contribution in [1.29, 1.82) is 0 Å². The Morgan fingerprint density at radius 1 is 1.58 bits per heavy atom. The number of aryl methyl sites for hydroxylation is 1. The normalized spacial score (nSPS) is 10.2. The molecular weight excluding hydrogens is 252 g/mol. The summed E-state index contributed by atoms with van der Waals surface area (Å²) in [5.74, 6) is -0.376. The SMILES string of the molecule is COCCN(CC(=O)O)C(=O)NCc1nccn1C. The maximum absolute atomic E-state index is 11.8. The lowest BCUT2D eigenvalue weighted by Crippen LogP contribution is -2.44. The molecule has 0 aliphatic carbocycles. The van der Waals surface area contributed by atoms with Crippen LogP contribution in [-0.2, 0) is 23.1 Å². The number of hydrogen-bond acceptors (Lipinski definition) is 4. The third-order valence-corrected chi connectivity index (χ3v) is 2.50. The Labute approximate surface area is 111 Å². The van der Waals surface area contributed by atoms with E-state index < -0.39 is 12.0 Å². The van der Waals surface area contributed by atoms with E-state index in [0.717, 1.165) is 0 Å². The van der Waals surface area contributed by atoms with Gasteiger partial charge in [-0.2, -0.15) is 0 Å². The van der Waals surface area contributed by atoms with Gasteiger partial charge < -0.3 is 24.6 Å². The molecule has 0 aliphatic rings. The highest BCUT2D eigenvalue weighted by molar-refractivity contribution is 5.80. The van der Waals surface area contributed by atoms with Gasteiger partial charge in [0.2, 0.25) is 0 Å². The number of ether oxygens (including phenoxy) is 1. The second-order valence-corrected chi connectivity index (χ2v) is 3.92. The van der Waals surface area contributed by atoms with Crippen LogP contribution < -0.4 is 5.32 Å². The smallest absolute Gasteiger partial charge is 0.323 e. The van der Waals surface area contributed by atoms with Crippen molar-refractivity contribution in [3.8, 4) is 0 Å². The predicted octanol–water partition coefficient (Wildman–Crippen LogP) is -0.337. The van der Waals surface area contributed by atoms with E-state index >= 15 is 0 Å². The summed E-state index contributed by atoms with van der Waals surface area (Å²) >= 11 is 0. The molecule has 0 saturated carbocycles. The van der Waals surface area contributed by atoms with Crippen molar-refractivity contribution in [2.75, 3.05) is 26.8 Å². The number of imidazole rings is 1. The molecule has 0 spiro atoms. The number of hydrogen-bond donors (Lipinski definition) is 2. The Hall–Kier alpha value is -2.09. The Morgan fingerprint density at radius 2 is 2.32 bits per heavy atom. The van der Waals surface area contributed by atoms with Crippen molar-refractivity contribution in [2.24, 2.45) is 7.05 Å². The first-order valence-corrected chi connectivity index (χ1v) is 5.74. The fraction of sp³-hybridized carbons (Fsp3) is 0.545. The van der Waals surface area contributed by atoms with Gasteiger partial charge in [0.15, 0.2) is 0 Å². The molecule has 8 nitrogen and oxygen atoms in total. The molecule has 8 heteroatoms. The quantitative estimate of drug-likeness (QED) is 0.706. The minimum Gasteiger partial charge on any atom is -0.480 e. The van der Waals surface area contributed by atoms with Crippen molar-refractivity contribution in [2.45, 2.75) is 6.54 Å². The van der Waals surface area contributed by atoms with Gasteiger partial charge in [0, 0.05) is 33.1 Å². The molecule has 0 unspecified atom stereocenters. The predicted molar refractivity (Wildman–Crippen MR) is 66.5 cm³/mol. The molecule has 1 rings (SSSR count). The van der Waals surface area contributed by atoms with Crippen molar-refractivity contribution in [3.05, 3.63) is 18.2 Å². The van der Waals surface area contributed by atoms with Gasteiger partial charge in [-0.05, 0) is 0 Å². The van der Waals surface area contributed by atoms with Gasteiger partial charge in [-0.3, -0.25) is 4.79 Å². The zero-order chi connectivity index (χ0) is 14.3. The largest absolute Gasteiger partial charge is 0.480 e. The molecule has 1 heterocycles. The topological polar surface area (TPSA) is 96.7 Å². The average molecular weight is 270 g/mol. The highest BCUT2D eigenvalue weighted by Gasteiger charge is 2.16. The number of carboxylic acid groups (broad SMARTS) is 1. The second kappa shape index (κ2) is 7.37. The van der Waals surface area contributed by atoms with Gasteiger partial charge >= 0.3 is 12.0 Å². The zero-order valence-electron chi connectivity index (χ0n) is 11.0. The summed E-state index contributed by atoms with van der Waals surface area (Å²) in [5.41, 5.74) is 0. The van der Waals surface area contributed by atoms with Crippen molar-refractivity contribution < 1.29 is 19.4 Å². The second-order valence-electron chi connectivity index (χ2n) is 3.92. The number of nitrogens with zero attached hydrogens (tertiary/aromatic N) is 3. The van der Waals surface area contributed by atoms with Gasteiger partial charge in [-0.25, -0.2) is 9.78 Å². The minimum atomic E-state index is -1.07. The molecule has 0 atom stereocenters. The summed E-state index contributed by atoms with van der Waals surface area (Å²) in [6.45, 7) is 0.375. The first-order valence-electron chi connectivity index (χ1n) is 5.74. The summed E-state index contributed by atoms with van der Waals surface area (Å²) in [6.07, 6.45) is 3.39. The van der Waals surface area contributed by atoms with Crippen LogP contribution in [0.5, 0.6) is 0 Å². The van der Waals surface area contributed by atoms with Crippen LogP contribution in [0.15, 0.2) is 12.4 Å². The van der Waals surface area contributed by atoms with Crippen LogP contribution in [0.1, 0.15) is 5.82 Å². The van der Waals surface area contributed by atoms with E-state index in [1.54, 1.807) is 17.0 Å². The van der Waals surface area contributed by atoms with E-state index in [1.165, 1.54) is 12.0 Å². The van der Waals surface area contributed by atoms with Crippen molar-refractivity contribution in [3.63, 3.8) is 0 Å². The summed E-state index contributed by atoms with van der Waals surface area (Å²) in [6, 6.07) is -0.456. The third-order valence-electron chi connectivity index (χ3n) is 2.50. The Morgan fingerprint density at radius 3 is 2.84 bits per heavy atom. The molecule has 1 aromatic heterocycles. The average Bonchev–Trinajstić information content (AvgIpc) is 2.76. The highest BCUT2D eigenvalue weighted by Crippen LogP contribution is 1.96. The number of amides is 2. The summed E-state index contributed by atoms with van der Waals surface area (Å²) in [4.78, 5) is 27.8. The zero-order valence-corrected chi connectivity index (χ0v) is 11.0. The van der Waals surface area contributed by atoms with Crippen LogP contribution in [-0.4, -0.2) is 58.4 Å². The Balaban J connectivity index is 2.51. The van der Waals surface area contributed by atoms with E-state index in [-0.39, 0.29) is 26.2 Å². The lowest BCUT2D eigenvalue weighted by molar-refractivity contribution is -0.137. The molecule has 0 aromatic carbocycles. The summed E-state index contributed by atoms with van der Waals surface area (Å²) in [5, 5.41) is 11.4. The maximum Gasteiger partial charge on any atom is 0.323 e. The van der Waals surface area contributed by atoms with Crippen LogP contribution in [0.25, 0.3) is 0 Å². The van der Waals surface area contributed by atoms with Crippen LogP contribution in [0.2, 0.25) is 0 Å². The minimum absolute atomic E-state index is 0.217. The van der Waals surface area contributed by atoms with Gasteiger partial charge in [0.25, 0.3) is 0 Å². The molecule has 106 valence electrons. The monoisotopic (exact) mass is 270 g/mol. The van der Waals surface area contributed by atoms with Crippen LogP contribution in [0, 0.1) is 0 Å². The number of methoxy groups -OCH3 is 1. The van der Waals surface area contributed by atoms with Crippen molar-refractivity contribution in [1.82, 2.24) is 19.8 Å². The molecular formula is C11H18N4O4. The van der Waals surface area contributed by atoms with Gasteiger partial charge in [0.1, 0.15) is 12.4 Å². The molecule has 19 heavy (non-hydrogen) atoms. The molecule has 2 N–H and O–H groups in total. The summed E-state index contributed by atoms with van der Waals surface area (Å²) in [7, 11) is 3.30. The molecule has 0 aliphatic heterocycles. The Bertz CT molecular complexity index is 432. The number of nitrogens with one attached hydrogen (secondary N) is 1. The maximum atomic E-state index is 11.8. The molecule has 0 fully saturated rings. The molecule has 0 saturated heterocycles. The number of carbonyl (C=O) groups excluding carboxylic acids is 1. The van der Waals surface area contributed by atoms with E-state index in [9.17, 15) is 9.59 Å². The lowest BCUT2D eigenvalue weighted by Gasteiger charge is -2.20. The van der Waals surface area contributed by atoms with E-state index in [4.69, 9.17) is 9.84 Å². The summed E-state index contributed by atoms with van der Waals surface area (Å²) < 4.78 is 6.62. The molecule has 0 radical (unpaired) electrons. The number of aromatic nitrogens is 2. The van der Waals surface area contributed by atoms with Crippen LogP contribution >= 0.6 is 0 Å². The Kier molecular flexibility index (Phi) is 5.80. The van der Waals surface area contributed by atoms with Crippen molar-refractivity contribution >= 4 is 12.0 Å². The van der Waals surface area contributed by atoms with E-state index in [0.29, 0.717) is 5.82 Å². The van der Waals surface area contributed by atoms with E-state index in [2.05, 4.69) is 10.3 Å². The fourth-order valence-corrected chi connectivity index (χ4v) is 1.45. The first-order chi connectivity index (χ1) is 9.04. The third kappa shape index (κ3) is 4.96. The highest BCUT2D eigenvalue weighted by atomic mass is 16.5. The molecule has 2 amide bonds. The standard InChI is InChI=1S/C11H18N4O4/c1-14-4-3-12-9(14)7-13-11(18)15(5-6-19-2)8-10(16)17/h3-4H,5-8H2,1-2H3,(H,13,18)(H,16,17). The number of rotatable bonds is 7. The first kappa shape index (κ1) is 15.0. The molecule has 1 aromatic rings. The number of aliphatic carboxylic acids is 1. The van der Waals surface area contributed by atoms with Gasteiger partial charge in [-0.1, -0.05) is 0 Å². The lowest BCUT2D eigenvalue weighted by atomic mass is 10.5. The van der Waals surface area contributed by atoms with Crippen LogP contribution in [0.3, 0.4) is 0 Å². The number of urea groups is 1. The molecule has 0 bridgehead atoms. The van der Waals surface area contributed by atoms with E-state index in [1.807, 2.05) is 7.05 Å².